The van der Waals surface area contributed by atoms with Gasteiger partial charge in [-0.05, 0) is 43.5 Å². The van der Waals surface area contributed by atoms with Crippen LogP contribution in [0.4, 0.5) is 4.39 Å². The number of rotatable bonds is 6. The standard InChI is InChI=1S/C13H17BrFN/c14-12-5-6-13(15)11(8-12)9-16-7-1-2-10-3-4-10/h5-6,8,10,16H,1-4,7,9H2. The third-order valence-corrected chi connectivity index (χ3v) is 3.48. The number of nitrogens with one attached hydrogen (secondary N) is 1. The van der Waals surface area contributed by atoms with Gasteiger partial charge in [0.2, 0.25) is 0 Å². The molecular formula is C13H17BrFN. The van der Waals surface area contributed by atoms with E-state index in [0.717, 1.165) is 22.5 Å². The summed E-state index contributed by atoms with van der Waals surface area (Å²) in [4.78, 5) is 0. The monoisotopic (exact) mass is 285 g/mol. The van der Waals surface area contributed by atoms with Gasteiger partial charge in [0.05, 0.1) is 0 Å². The van der Waals surface area contributed by atoms with E-state index in [1.165, 1.54) is 31.7 Å². The zero-order valence-electron chi connectivity index (χ0n) is 9.31. The predicted molar refractivity (Wildman–Crippen MR) is 67.8 cm³/mol. The van der Waals surface area contributed by atoms with E-state index in [0.29, 0.717) is 6.54 Å². The van der Waals surface area contributed by atoms with Crippen LogP contribution in [0.1, 0.15) is 31.2 Å². The fourth-order valence-corrected chi connectivity index (χ4v) is 2.23. The Labute approximate surface area is 105 Å². The molecule has 0 amide bonds. The van der Waals surface area contributed by atoms with Gasteiger partial charge in [-0.2, -0.15) is 0 Å². The average Bonchev–Trinajstić information content (AvgIpc) is 3.06. The van der Waals surface area contributed by atoms with Crippen molar-refractivity contribution in [2.45, 2.75) is 32.2 Å². The lowest BCUT2D eigenvalue weighted by atomic mass is 10.2. The Morgan fingerprint density at radius 3 is 2.94 bits per heavy atom. The molecule has 88 valence electrons. The van der Waals surface area contributed by atoms with Crippen molar-refractivity contribution in [1.29, 1.82) is 0 Å². The van der Waals surface area contributed by atoms with Crippen molar-refractivity contribution < 1.29 is 4.39 Å². The zero-order chi connectivity index (χ0) is 11.4. The molecule has 3 heteroatoms. The summed E-state index contributed by atoms with van der Waals surface area (Å²) >= 11 is 3.35. The van der Waals surface area contributed by atoms with Crippen molar-refractivity contribution in [3.63, 3.8) is 0 Å². The van der Waals surface area contributed by atoms with Crippen molar-refractivity contribution in [2.75, 3.05) is 6.54 Å². The number of benzene rings is 1. The summed E-state index contributed by atoms with van der Waals surface area (Å²) in [6.45, 7) is 1.61. The molecule has 1 N–H and O–H groups in total. The van der Waals surface area contributed by atoms with Gasteiger partial charge in [-0.3, -0.25) is 0 Å². The molecule has 1 aromatic carbocycles. The summed E-state index contributed by atoms with van der Waals surface area (Å²) in [5.74, 6) is 0.863. The maximum absolute atomic E-state index is 13.4. The Morgan fingerprint density at radius 2 is 2.19 bits per heavy atom. The van der Waals surface area contributed by atoms with E-state index in [9.17, 15) is 4.39 Å². The van der Waals surface area contributed by atoms with E-state index in [-0.39, 0.29) is 5.82 Å². The molecule has 0 aliphatic heterocycles. The highest BCUT2D eigenvalue weighted by molar-refractivity contribution is 9.10. The summed E-state index contributed by atoms with van der Waals surface area (Å²) in [6.07, 6.45) is 5.37. The second-order valence-electron chi connectivity index (χ2n) is 4.50. The topological polar surface area (TPSA) is 12.0 Å². The van der Waals surface area contributed by atoms with Gasteiger partial charge in [-0.15, -0.1) is 0 Å². The van der Waals surface area contributed by atoms with Crippen molar-refractivity contribution in [3.8, 4) is 0 Å². The smallest absolute Gasteiger partial charge is 0.127 e. The third kappa shape index (κ3) is 3.87. The molecule has 1 nitrogen and oxygen atoms in total. The zero-order valence-corrected chi connectivity index (χ0v) is 10.9. The Kier molecular flexibility index (Phi) is 4.36. The quantitative estimate of drug-likeness (QED) is 0.783. The molecular weight excluding hydrogens is 269 g/mol. The Balaban J connectivity index is 1.69. The Morgan fingerprint density at radius 1 is 1.38 bits per heavy atom. The second-order valence-corrected chi connectivity index (χ2v) is 5.41. The van der Waals surface area contributed by atoms with Crippen LogP contribution in [0.5, 0.6) is 0 Å². The van der Waals surface area contributed by atoms with E-state index in [4.69, 9.17) is 0 Å². The summed E-state index contributed by atoms with van der Waals surface area (Å²) < 4.78 is 14.3. The van der Waals surface area contributed by atoms with Crippen LogP contribution >= 0.6 is 15.9 Å². The highest BCUT2D eigenvalue weighted by Crippen LogP contribution is 2.33. The molecule has 1 aliphatic carbocycles. The molecule has 2 rings (SSSR count). The first kappa shape index (κ1) is 12.1. The number of hydrogen-bond acceptors (Lipinski definition) is 1. The van der Waals surface area contributed by atoms with Crippen molar-refractivity contribution in [2.24, 2.45) is 5.92 Å². The minimum absolute atomic E-state index is 0.127. The van der Waals surface area contributed by atoms with Gasteiger partial charge >= 0.3 is 0 Å². The van der Waals surface area contributed by atoms with Crippen LogP contribution in [0.25, 0.3) is 0 Å². The molecule has 1 fully saturated rings. The van der Waals surface area contributed by atoms with Gasteiger partial charge in [-0.1, -0.05) is 28.8 Å². The van der Waals surface area contributed by atoms with E-state index in [2.05, 4.69) is 21.2 Å². The third-order valence-electron chi connectivity index (χ3n) is 2.99. The highest BCUT2D eigenvalue weighted by Gasteiger charge is 2.19. The normalized spacial score (nSPS) is 15.4. The first-order valence-corrected chi connectivity index (χ1v) is 6.69. The first-order valence-electron chi connectivity index (χ1n) is 5.90. The predicted octanol–water partition coefficient (Wildman–Crippen LogP) is 3.87. The van der Waals surface area contributed by atoms with Crippen LogP contribution in [0.2, 0.25) is 0 Å². The number of hydrogen-bond donors (Lipinski definition) is 1. The lowest BCUT2D eigenvalue weighted by Crippen LogP contribution is -2.15. The lowest BCUT2D eigenvalue weighted by molar-refractivity contribution is 0.564. The van der Waals surface area contributed by atoms with E-state index < -0.39 is 0 Å². The first-order chi connectivity index (χ1) is 7.75. The summed E-state index contributed by atoms with van der Waals surface area (Å²) in [6, 6.07) is 5.07. The highest BCUT2D eigenvalue weighted by atomic mass is 79.9. The van der Waals surface area contributed by atoms with E-state index in [1.807, 2.05) is 6.07 Å². The second kappa shape index (κ2) is 5.78. The van der Waals surface area contributed by atoms with Gasteiger partial charge in [0.25, 0.3) is 0 Å². The van der Waals surface area contributed by atoms with Crippen molar-refractivity contribution in [1.82, 2.24) is 5.32 Å². The Hall–Kier alpha value is -0.410. The van der Waals surface area contributed by atoms with Crippen LogP contribution in [0.3, 0.4) is 0 Å². The van der Waals surface area contributed by atoms with Crippen LogP contribution in [0.15, 0.2) is 22.7 Å². The van der Waals surface area contributed by atoms with Gasteiger partial charge in [0, 0.05) is 16.6 Å². The van der Waals surface area contributed by atoms with Gasteiger partial charge in [0.15, 0.2) is 0 Å². The number of halogens is 2. The van der Waals surface area contributed by atoms with Crippen LogP contribution in [-0.2, 0) is 6.54 Å². The van der Waals surface area contributed by atoms with Crippen molar-refractivity contribution >= 4 is 15.9 Å². The maximum Gasteiger partial charge on any atom is 0.127 e. The molecule has 1 aliphatic rings. The molecule has 1 aromatic rings. The lowest BCUT2D eigenvalue weighted by Gasteiger charge is -2.06. The summed E-state index contributed by atoms with van der Waals surface area (Å²) in [5, 5.41) is 3.29. The molecule has 16 heavy (non-hydrogen) atoms. The molecule has 0 unspecified atom stereocenters. The van der Waals surface area contributed by atoms with Gasteiger partial charge in [-0.25, -0.2) is 4.39 Å². The molecule has 0 atom stereocenters. The largest absolute Gasteiger partial charge is 0.313 e. The van der Waals surface area contributed by atoms with E-state index in [1.54, 1.807) is 6.07 Å². The van der Waals surface area contributed by atoms with Crippen LogP contribution < -0.4 is 5.32 Å². The fourth-order valence-electron chi connectivity index (χ4n) is 1.82. The molecule has 0 heterocycles. The van der Waals surface area contributed by atoms with Gasteiger partial charge in [0.1, 0.15) is 5.82 Å². The minimum atomic E-state index is -0.127. The average molecular weight is 286 g/mol. The summed E-state index contributed by atoms with van der Waals surface area (Å²) in [5.41, 5.74) is 0.737. The molecule has 0 radical (unpaired) electrons. The van der Waals surface area contributed by atoms with Gasteiger partial charge < -0.3 is 5.32 Å². The fraction of sp³-hybridized carbons (Fsp3) is 0.538. The molecule has 0 spiro atoms. The molecule has 0 aromatic heterocycles. The maximum atomic E-state index is 13.4. The van der Waals surface area contributed by atoms with Crippen LogP contribution in [-0.4, -0.2) is 6.54 Å². The SMILES string of the molecule is Fc1ccc(Br)cc1CNCCCC1CC1. The minimum Gasteiger partial charge on any atom is -0.313 e. The Bertz CT molecular complexity index is 350. The van der Waals surface area contributed by atoms with E-state index >= 15 is 0 Å². The molecule has 0 saturated heterocycles. The molecule has 0 bridgehead atoms. The van der Waals surface area contributed by atoms with Crippen LogP contribution in [0, 0.1) is 11.7 Å². The van der Waals surface area contributed by atoms with Crippen molar-refractivity contribution in [3.05, 3.63) is 34.1 Å². The summed E-state index contributed by atoms with van der Waals surface area (Å²) in [7, 11) is 0. The molecule has 1 saturated carbocycles.